The zero-order chi connectivity index (χ0) is 7.33. The molecule has 0 aromatic carbocycles. The zero-order valence-corrected chi connectivity index (χ0v) is 7.92. The predicted octanol–water partition coefficient (Wildman–Crippen LogP) is 2.23. The fraction of sp³-hybridized carbons (Fsp3) is 0.750. The van der Waals surface area contributed by atoms with E-state index in [1.54, 1.807) is 0 Å². The van der Waals surface area contributed by atoms with Crippen LogP contribution in [0, 0.1) is 5.41 Å². The summed E-state index contributed by atoms with van der Waals surface area (Å²) in [6, 6.07) is 0. The van der Waals surface area contributed by atoms with Gasteiger partial charge in [-0.1, -0.05) is 19.9 Å². The molecule has 2 heteroatoms. The average Bonchev–Trinajstić information content (AvgIpc) is 1.64. The van der Waals surface area contributed by atoms with Crippen molar-refractivity contribution in [2.75, 3.05) is 13.6 Å². The lowest BCUT2D eigenvalue weighted by atomic mass is 9.89. The predicted molar refractivity (Wildman–Crippen MR) is 49.8 cm³/mol. The fourth-order valence-corrected chi connectivity index (χ4v) is 0.941. The van der Waals surface area contributed by atoms with Crippen molar-refractivity contribution >= 4 is 12.4 Å². The van der Waals surface area contributed by atoms with Gasteiger partial charge in [-0.05, 0) is 18.9 Å². The van der Waals surface area contributed by atoms with E-state index in [1.165, 1.54) is 0 Å². The minimum atomic E-state index is 0. The van der Waals surface area contributed by atoms with Crippen LogP contribution in [-0.2, 0) is 0 Å². The molecule has 1 N–H and O–H groups in total. The number of nitrogens with one attached hydrogen (secondary N) is 1. The molecule has 10 heavy (non-hydrogen) atoms. The van der Waals surface area contributed by atoms with Crippen LogP contribution < -0.4 is 5.32 Å². The molecule has 0 saturated heterocycles. The first-order valence-electron chi connectivity index (χ1n) is 3.38. The molecule has 0 spiro atoms. The molecular formula is C8H18ClN. The van der Waals surface area contributed by atoms with Crippen LogP contribution in [0.3, 0.4) is 0 Å². The SMILES string of the molecule is C=CCC(C)(C)CNC.Cl. The third-order valence-corrected chi connectivity index (χ3v) is 1.35. The second-order valence-electron chi connectivity index (χ2n) is 3.19. The highest BCUT2D eigenvalue weighted by atomic mass is 35.5. The molecule has 0 unspecified atom stereocenters. The highest BCUT2D eigenvalue weighted by Crippen LogP contribution is 2.18. The molecule has 0 aromatic rings. The number of hydrogen-bond donors (Lipinski definition) is 1. The van der Waals surface area contributed by atoms with Gasteiger partial charge in [-0.3, -0.25) is 0 Å². The molecule has 0 aromatic heterocycles. The van der Waals surface area contributed by atoms with Crippen LogP contribution in [-0.4, -0.2) is 13.6 Å². The molecule has 0 fully saturated rings. The van der Waals surface area contributed by atoms with Crippen LogP contribution in [0.1, 0.15) is 20.3 Å². The third kappa shape index (κ3) is 6.12. The molecule has 1 nitrogen and oxygen atoms in total. The van der Waals surface area contributed by atoms with Crippen molar-refractivity contribution in [2.24, 2.45) is 5.41 Å². The number of allylic oxidation sites excluding steroid dienone is 1. The van der Waals surface area contributed by atoms with Gasteiger partial charge in [0.05, 0.1) is 0 Å². The van der Waals surface area contributed by atoms with Crippen molar-refractivity contribution in [3.63, 3.8) is 0 Å². The van der Waals surface area contributed by atoms with Gasteiger partial charge in [0, 0.05) is 6.54 Å². The molecule has 0 amide bonds. The first-order valence-corrected chi connectivity index (χ1v) is 3.38. The third-order valence-electron chi connectivity index (χ3n) is 1.35. The highest BCUT2D eigenvalue weighted by molar-refractivity contribution is 5.85. The second-order valence-corrected chi connectivity index (χ2v) is 3.19. The summed E-state index contributed by atoms with van der Waals surface area (Å²) >= 11 is 0. The van der Waals surface area contributed by atoms with Crippen molar-refractivity contribution in [1.82, 2.24) is 5.32 Å². The van der Waals surface area contributed by atoms with Crippen LogP contribution >= 0.6 is 12.4 Å². The summed E-state index contributed by atoms with van der Waals surface area (Å²) < 4.78 is 0. The van der Waals surface area contributed by atoms with E-state index >= 15 is 0 Å². The molecule has 0 aliphatic carbocycles. The summed E-state index contributed by atoms with van der Waals surface area (Å²) in [6.07, 6.45) is 3.05. The molecule has 0 rings (SSSR count). The maximum Gasteiger partial charge on any atom is 0.000248 e. The first-order chi connectivity index (χ1) is 4.12. The van der Waals surface area contributed by atoms with Gasteiger partial charge < -0.3 is 5.32 Å². The van der Waals surface area contributed by atoms with E-state index in [2.05, 4.69) is 25.7 Å². The van der Waals surface area contributed by atoms with Gasteiger partial charge in [-0.25, -0.2) is 0 Å². The summed E-state index contributed by atoms with van der Waals surface area (Å²) in [5.74, 6) is 0. The van der Waals surface area contributed by atoms with Crippen molar-refractivity contribution in [1.29, 1.82) is 0 Å². The number of halogens is 1. The molecule has 0 heterocycles. The summed E-state index contributed by atoms with van der Waals surface area (Å²) in [7, 11) is 1.98. The molecule has 0 aliphatic rings. The molecule has 0 radical (unpaired) electrons. The van der Waals surface area contributed by atoms with Crippen LogP contribution in [0.25, 0.3) is 0 Å². The minimum absolute atomic E-state index is 0. The summed E-state index contributed by atoms with van der Waals surface area (Å²) in [5, 5.41) is 3.14. The minimum Gasteiger partial charge on any atom is -0.319 e. The Kier molecular flexibility index (Phi) is 7.27. The fourth-order valence-electron chi connectivity index (χ4n) is 0.941. The Morgan fingerprint density at radius 2 is 2.00 bits per heavy atom. The lowest BCUT2D eigenvalue weighted by Gasteiger charge is -2.21. The topological polar surface area (TPSA) is 12.0 Å². The van der Waals surface area contributed by atoms with Crippen LogP contribution in [0.2, 0.25) is 0 Å². The summed E-state index contributed by atoms with van der Waals surface area (Å²) in [4.78, 5) is 0. The normalized spacial score (nSPS) is 10.3. The van der Waals surface area contributed by atoms with Gasteiger partial charge >= 0.3 is 0 Å². The quantitative estimate of drug-likeness (QED) is 0.627. The van der Waals surface area contributed by atoms with E-state index in [0.29, 0.717) is 5.41 Å². The maximum atomic E-state index is 3.70. The number of hydrogen-bond acceptors (Lipinski definition) is 1. The van der Waals surface area contributed by atoms with Crippen molar-refractivity contribution < 1.29 is 0 Å². The summed E-state index contributed by atoms with van der Waals surface area (Å²) in [5.41, 5.74) is 0.372. The van der Waals surface area contributed by atoms with Crippen LogP contribution in [0.4, 0.5) is 0 Å². The van der Waals surface area contributed by atoms with E-state index in [0.717, 1.165) is 13.0 Å². The summed E-state index contributed by atoms with van der Waals surface area (Å²) in [6.45, 7) is 9.21. The largest absolute Gasteiger partial charge is 0.319 e. The Hall–Kier alpha value is -0.0100. The lowest BCUT2D eigenvalue weighted by molar-refractivity contribution is 0.357. The molecule has 0 bridgehead atoms. The van der Waals surface area contributed by atoms with Gasteiger partial charge in [-0.15, -0.1) is 19.0 Å². The van der Waals surface area contributed by atoms with E-state index in [9.17, 15) is 0 Å². The highest BCUT2D eigenvalue weighted by Gasteiger charge is 2.13. The molecule has 0 atom stereocenters. The van der Waals surface area contributed by atoms with Crippen molar-refractivity contribution in [3.8, 4) is 0 Å². The first kappa shape index (κ1) is 12.6. The van der Waals surface area contributed by atoms with Crippen molar-refractivity contribution in [3.05, 3.63) is 12.7 Å². The molecule has 0 aliphatic heterocycles. The number of rotatable bonds is 4. The van der Waals surface area contributed by atoms with E-state index in [1.807, 2.05) is 13.1 Å². The van der Waals surface area contributed by atoms with Gasteiger partial charge in [0.2, 0.25) is 0 Å². The van der Waals surface area contributed by atoms with Crippen LogP contribution in [0.15, 0.2) is 12.7 Å². The van der Waals surface area contributed by atoms with Gasteiger partial charge in [0.1, 0.15) is 0 Å². The van der Waals surface area contributed by atoms with E-state index in [4.69, 9.17) is 0 Å². The van der Waals surface area contributed by atoms with E-state index < -0.39 is 0 Å². The second kappa shape index (κ2) is 5.75. The average molecular weight is 164 g/mol. The Balaban J connectivity index is 0. The Morgan fingerprint density at radius 1 is 1.50 bits per heavy atom. The van der Waals surface area contributed by atoms with Gasteiger partial charge in [0.25, 0.3) is 0 Å². The van der Waals surface area contributed by atoms with Crippen molar-refractivity contribution in [2.45, 2.75) is 20.3 Å². The molecule has 0 saturated carbocycles. The monoisotopic (exact) mass is 163 g/mol. The standard InChI is InChI=1S/C8H17N.ClH/c1-5-6-8(2,3)7-9-4;/h5,9H,1,6-7H2,2-4H3;1H. The Labute approximate surface area is 70.3 Å². The Morgan fingerprint density at radius 3 is 2.30 bits per heavy atom. The lowest BCUT2D eigenvalue weighted by Crippen LogP contribution is -2.25. The van der Waals surface area contributed by atoms with Gasteiger partial charge in [-0.2, -0.15) is 0 Å². The van der Waals surface area contributed by atoms with Crippen LogP contribution in [0.5, 0.6) is 0 Å². The smallest absolute Gasteiger partial charge is 0.000248 e. The Bertz CT molecular complexity index is 89.3. The zero-order valence-electron chi connectivity index (χ0n) is 7.11. The molecule has 62 valence electrons. The van der Waals surface area contributed by atoms with Gasteiger partial charge in [0.15, 0.2) is 0 Å². The molecular weight excluding hydrogens is 146 g/mol. The maximum absolute atomic E-state index is 3.70. The van der Waals surface area contributed by atoms with E-state index in [-0.39, 0.29) is 12.4 Å².